The minimum absolute atomic E-state index is 0.0949. The standard InChI is InChI=1S/C20H27N3O5/c1-20(2,3)21-19(25)16-7-5-6-12-22(16)15-10-8-14(9-11-18(24)28-4)13-17(15)23(26)27/h8-11,13,16H,5-7,12H2,1-4H3,(H,21,25). The maximum Gasteiger partial charge on any atom is 0.330 e. The number of methoxy groups -OCH3 is 1. The molecule has 1 N–H and O–H groups in total. The van der Waals surface area contributed by atoms with E-state index in [1.807, 2.05) is 25.7 Å². The Balaban J connectivity index is 2.37. The fraction of sp³-hybridized carbons (Fsp3) is 0.500. The lowest BCUT2D eigenvalue weighted by Crippen LogP contribution is -2.54. The molecular formula is C20H27N3O5. The number of rotatable bonds is 5. The zero-order chi connectivity index (χ0) is 20.9. The molecule has 152 valence electrons. The van der Waals surface area contributed by atoms with Crippen LogP contribution in [0.3, 0.4) is 0 Å². The first-order chi connectivity index (χ1) is 13.1. The summed E-state index contributed by atoms with van der Waals surface area (Å²) in [5.74, 6) is -0.669. The van der Waals surface area contributed by atoms with E-state index in [2.05, 4.69) is 10.1 Å². The van der Waals surface area contributed by atoms with Gasteiger partial charge in [0.15, 0.2) is 0 Å². The first kappa shape index (κ1) is 21.4. The van der Waals surface area contributed by atoms with Crippen molar-refractivity contribution in [1.82, 2.24) is 5.32 Å². The van der Waals surface area contributed by atoms with Crippen molar-refractivity contribution in [2.45, 2.75) is 51.6 Å². The van der Waals surface area contributed by atoms with Crippen molar-refractivity contribution in [3.63, 3.8) is 0 Å². The minimum Gasteiger partial charge on any atom is -0.466 e. The fourth-order valence-corrected chi connectivity index (χ4v) is 3.21. The summed E-state index contributed by atoms with van der Waals surface area (Å²) in [5, 5.41) is 14.7. The van der Waals surface area contributed by atoms with Gasteiger partial charge in [-0.1, -0.05) is 6.07 Å². The van der Waals surface area contributed by atoms with Gasteiger partial charge < -0.3 is 15.0 Å². The Kier molecular flexibility index (Phi) is 6.77. The molecule has 1 atom stereocenters. The lowest BCUT2D eigenvalue weighted by atomic mass is 9.98. The molecule has 1 aliphatic heterocycles. The number of nitro benzene ring substituents is 1. The van der Waals surface area contributed by atoms with Gasteiger partial charge >= 0.3 is 5.97 Å². The Morgan fingerprint density at radius 3 is 2.64 bits per heavy atom. The highest BCUT2D eigenvalue weighted by atomic mass is 16.6. The highest BCUT2D eigenvalue weighted by Crippen LogP contribution is 2.34. The summed E-state index contributed by atoms with van der Waals surface area (Å²) < 4.78 is 4.54. The zero-order valence-electron chi connectivity index (χ0n) is 16.7. The van der Waals surface area contributed by atoms with Crippen molar-refractivity contribution in [2.75, 3.05) is 18.6 Å². The number of hydrogen-bond acceptors (Lipinski definition) is 6. The Hall–Kier alpha value is -2.90. The number of anilines is 1. The molecule has 8 nitrogen and oxygen atoms in total. The van der Waals surface area contributed by atoms with E-state index < -0.39 is 16.9 Å². The number of nitro groups is 1. The molecule has 28 heavy (non-hydrogen) atoms. The van der Waals surface area contributed by atoms with Gasteiger partial charge in [-0.25, -0.2) is 4.79 Å². The van der Waals surface area contributed by atoms with Crippen LogP contribution >= 0.6 is 0 Å². The highest BCUT2D eigenvalue weighted by Gasteiger charge is 2.34. The molecule has 1 aliphatic rings. The molecule has 0 radical (unpaired) electrons. The molecule has 0 saturated carbocycles. The van der Waals surface area contributed by atoms with Gasteiger partial charge in [0.05, 0.1) is 12.0 Å². The third kappa shape index (κ3) is 5.55. The number of hydrogen-bond donors (Lipinski definition) is 1. The van der Waals surface area contributed by atoms with E-state index >= 15 is 0 Å². The van der Waals surface area contributed by atoms with Crippen LogP contribution in [-0.4, -0.2) is 42.0 Å². The molecule has 1 saturated heterocycles. The molecule has 1 heterocycles. The number of piperidine rings is 1. The maximum absolute atomic E-state index is 12.8. The minimum atomic E-state index is -0.540. The molecule has 1 aromatic rings. The molecule has 1 amide bonds. The van der Waals surface area contributed by atoms with Crippen LogP contribution in [0.2, 0.25) is 0 Å². The highest BCUT2D eigenvalue weighted by molar-refractivity contribution is 5.88. The van der Waals surface area contributed by atoms with Gasteiger partial charge in [0.1, 0.15) is 11.7 Å². The van der Waals surface area contributed by atoms with Crippen molar-refractivity contribution in [3.8, 4) is 0 Å². The molecule has 1 aromatic carbocycles. The molecule has 0 aromatic heterocycles. The number of ether oxygens (including phenoxy) is 1. The van der Waals surface area contributed by atoms with Crippen molar-refractivity contribution in [2.24, 2.45) is 0 Å². The van der Waals surface area contributed by atoms with Gasteiger partial charge in [0.25, 0.3) is 5.69 Å². The molecular weight excluding hydrogens is 362 g/mol. The quantitative estimate of drug-likeness (QED) is 0.359. The average Bonchev–Trinajstić information content (AvgIpc) is 2.64. The second-order valence-corrected chi connectivity index (χ2v) is 7.81. The summed E-state index contributed by atoms with van der Waals surface area (Å²) in [6, 6.07) is 4.28. The van der Waals surface area contributed by atoms with E-state index in [-0.39, 0.29) is 17.1 Å². The van der Waals surface area contributed by atoms with Gasteiger partial charge in [0, 0.05) is 24.2 Å². The lowest BCUT2D eigenvalue weighted by Gasteiger charge is -2.37. The van der Waals surface area contributed by atoms with Crippen LogP contribution in [0.25, 0.3) is 6.08 Å². The third-order valence-electron chi connectivity index (χ3n) is 4.42. The van der Waals surface area contributed by atoms with Crippen LogP contribution in [0.5, 0.6) is 0 Å². The predicted molar refractivity (Wildman–Crippen MR) is 107 cm³/mol. The van der Waals surface area contributed by atoms with E-state index in [0.29, 0.717) is 24.2 Å². The largest absolute Gasteiger partial charge is 0.466 e. The van der Waals surface area contributed by atoms with Gasteiger partial charge in [-0.15, -0.1) is 0 Å². The second-order valence-electron chi connectivity index (χ2n) is 7.81. The monoisotopic (exact) mass is 389 g/mol. The van der Waals surface area contributed by atoms with Crippen LogP contribution in [0.15, 0.2) is 24.3 Å². The first-order valence-electron chi connectivity index (χ1n) is 9.25. The molecule has 1 fully saturated rings. The van der Waals surface area contributed by atoms with Crippen molar-refractivity contribution in [1.29, 1.82) is 0 Å². The second kappa shape index (κ2) is 8.86. The first-order valence-corrected chi connectivity index (χ1v) is 9.25. The number of esters is 1. The maximum atomic E-state index is 12.8. The molecule has 0 aliphatic carbocycles. The summed E-state index contributed by atoms with van der Waals surface area (Å²) >= 11 is 0. The van der Waals surface area contributed by atoms with Gasteiger partial charge in [-0.3, -0.25) is 14.9 Å². The number of nitrogens with one attached hydrogen (secondary N) is 1. The summed E-state index contributed by atoms with van der Waals surface area (Å²) in [4.78, 5) is 37.1. The Labute approximate surface area is 164 Å². The third-order valence-corrected chi connectivity index (χ3v) is 4.42. The van der Waals surface area contributed by atoms with Crippen LogP contribution in [0.4, 0.5) is 11.4 Å². The molecule has 1 unspecified atom stereocenters. The summed E-state index contributed by atoms with van der Waals surface area (Å²) in [7, 11) is 1.26. The van der Waals surface area contributed by atoms with E-state index in [1.165, 1.54) is 25.3 Å². The van der Waals surface area contributed by atoms with Crippen LogP contribution in [0.1, 0.15) is 45.6 Å². The number of carbonyl (C=O) groups excluding carboxylic acids is 2. The van der Waals surface area contributed by atoms with Crippen LogP contribution in [0, 0.1) is 10.1 Å². The predicted octanol–water partition coefficient (Wildman–Crippen LogP) is 3.05. The fourth-order valence-electron chi connectivity index (χ4n) is 3.21. The number of carbonyl (C=O) groups is 2. The molecule has 0 spiro atoms. The van der Waals surface area contributed by atoms with E-state index in [1.54, 1.807) is 12.1 Å². The molecule has 8 heteroatoms. The lowest BCUT2D eigenvalue weighted by molar-refractivity contribution is -0.384. The number of benzene rings is 1. The Bertz CT molecular complexity index is 783. The SMILES string of the molecule is COC(=O)C=Cc1ccc(N2CCCCC2C(=O)NC(C)(C)C)c([N+](=O)[O-])c1. The topological polar surface area (TPSA) is 102 Å². The van der Waals surface area contributed by atoms with Crippen molar-refractivity contribution < 1.29 is 19.2 Å². The zero-order valence-corrected chi connectivity index (χ0v) is 16.7. The van der Waals surface area contributed by atoms with E-state index in [9.17, 15) is 19.7 Å². The van der Waals surface area contributed by atoms with Gasteiger partial charge in [-0.05, 0) is 57.7 Å². The normalized spacial score (nSPS) is 17.4. The Morgan fingerprint density at radius 1 is 1.32 bits per heavy atom. The Morgan fingerprint density at radius 2 is 2.04 bits per heavy atom. The number of nitrogens with zero attached hydrogens (tertiary/aromatic N) is 2. The van der Waals surface area contributed by atoms with Gasteiger partial charge in [0.2, 0.25) is 5.91 Å². The summed E-state index contributed by atoms with van der Waals surface area (Å²) in [5.41, 5.74) is 0.444. The molecule has 0 bridgehead atoms. The average molecular weight is 389 g/mol. The molecule has 2 rings (SSSR count). The van der Waals surface area contributed by atoms with Gasteiger partial charge in [-0.2, -0.15) is 0 Å². The summed E-state index contributed by atoms with van der Waals surface area (Å²) in [6.07, 6.45) is 5.07. The van der Waals surface area contributed by atoms with Crippen molar-refractivity contribution >= 4 is 29.3 Å². The number of amides is 1. The van der Waals surface area contributed by atoms with E-state index in [4.69, 9.17) is 0 Å². The van der Waals surface area contributed by atoms with E-state index in [0.717, 1.165) is 12.8 Å². The van der Waals surface area contributed by atoms with Crippen LogP contribution in [-0.2, 0) is 14.3 Å². The van der Waals surface area contributed by atoms with Crippen molar-refractivity contribution in [3.05, 3.63) is 40.0 Å². The smallest absolute Gasteiger partial charge is 0.330 e. The van der Waals surface area contributed by atoms with Crippen LogP contribution < -0.4 is 10.2 Å². The summed E-state index contributed by atoms with van der Waals surface area (Å²) in [6.45, 7) is 6.29.